The highest BCUT2D eigenvalue weighted by atomic mass is 35.5. The minimum absolute atomic E-state index is 0.0540. The zero-order valence-electron chi connectivity index (χ0n) is 35.6. The topological polar surface area (TPSA) is 200 Å². The van der Waals surface area contributed by atoms with Gasteiger partial charge in [0.2, 0.25) is 0 Å². The first kappa shape index (κ1) is 43.7. The number of sulfonamides is 1. The van der Waals surface area contributed by atoms with Gasteiger partial charge < -0.3 is 29.6 Å². The predicted octanol–water partition coefficient (Wildman–Crippen LogP) is 7.58. The number of ether oxygens (including phenoxy) is 2. The van der Waals surface area contributed by atoms with Crippen molar-refractivity contribution in [2.45, 2.75) is 63.1 Å². The van der Waals surface area contributed by atoms with Crippen molar-refractivity contribution in [2.75, 3.05) is 44.2 Å². The Hall–Kier alpha value is -5.52. The maximum absolute atomic E-state index is 13.9. The van der Waals surface area contributed by atoms with E-state index in [9.17, 15) is 33.5 Å². The molecule has 0 radical (unpaired) electrons. The molecule has 1 aliphatic heterocycles. The van der Waals surface area contributed by atoms with Gasteiger partial charge in [0.15, 0.2) is 5.75 Å². The Morgan fingerprint density at radius 2 is 1.78 bits per heavy atom. The van der Waals surface area contributed by atoms with E-state index in [0.717, 1.165) is 67.1 Å². The third-order valence-corrected chi connectivity index (χ3v) is 15.1. The number of aliphatic hydroxyl groups excluding tert-OH is 2. The number of aliphatic hydroxyl groups is 2. The highest BCUT2D eigenvalue weighted by Gasteiger charge is 2.51. The molecule has 2 saturated carbocycles. The number of nitrogens with zero attached hydrogens (tertiary/aromatic N) is 4. The van der Waals surface area contributed by atoms with Crippen LogP contribution in [0.15, 0.2) is 95.7 Å². The van der Waals surface area contributed by atoms with Crippen molar-refractivity contribution in [1.82, 2.24) is 19.6 Å². The number of rotatable bonds is 13. The number of aromatic nitrogens is 2. The van der Waals surface area contributed by atoms with E-state index in [1.54, 1.807) is 24.4 Å². The van der Waals surface area contributed by atoms with Crippen LogP contribution >= 0.6 is 11.6 Å². The molecule has 64 heavy (non-hydrogen) atoms. The molecule has 2 bridgehead atoms. The molecule has 1 amide bonds. The summed E-state index contributed by atoms with van der Waals surface area (Å²) >= 11 is 6.24. The van der Waals surface area contributed by atoms with Crippen LogP contribution in [0.1, 0.15) is 61.9 Å². The summed E-state index contributed by atoms with van der Waals surface area (Å²) in [5.41, 5.74) is 5.05. The minimum Gasteiger partial charge on any atom is -0.487 e. The van der Waals surface area contributed by atoms with Crippen LogP contribution < -0.4 is 19.1 Å². The number of amides is 1. The second kappa shape index (κ2) is 17.5. The zero-order valence-corrected chi connectivity index (χ0v) is 37.1. The quantitative estimate of drug-likeness (QED) is 0.0668. The van der Waals surface area contributed by atoms with Crippen LogP contribution in [0.25, 0.3) is 16.6 Å². The van der Waals surface area contributed by atoms with Gasteiger partial charge in [-0.2, -0.15) is 0 Å². The van der Waals surface area contributed by atoms with Gasteiger partial charge in [-0.25, -0.2) is 18.1 Å². The van der Waals surface area contributed by atoms with E-state index in [2.05, 4.69) is 50.5 Å². The fraction of sp³-hybridized carbons (Fsp3) is 0.404. The number of hydrogen-bond acceptors (Lipinski definition) is 12. The number of allylic oxidation sites excluding steroid dienone is 1. The lowest BCUT2D eigenvalue weighted by molar-refractivity contribution is -0.386. The lowest BCUT2D eigenvalue weighted by Crippen LogP contribution is -2.47. The molecule has 336 valence electrons. The van der Waals surface area contributed by atoms with E-state index in [4.69, 9.17) is 21.1 Å². The molecule has 3 aliphatic carbocycles. The van der Waals surface area contributed by atoms with E-state index >= 15 is 0 Å². The second-order valence-electron chi connectivity index (χ2n) is 18.3. The molecule has 2 aromatic heterocycles. The first-order valence-corrected chi connectivity index (χ1v) is 23.5. The Kier molecular flexibility index (Phi) is 11.9. The molecular formula is C47H51ClN6O9S. The van der Waals surface area contributed by atoms with Gasteiger partial charge >= 0.3 is 5.69 Å². The Bertz CT molecular complexity index is 2730. The minimum atomic E-state index is -4.64. The summed E-state index contributed by atoms with van der Waals surface area (Å²) < 4.78 is 41.6. The smallest absolute Gasteiger partial charge is 0.312 e. The maximum atomic E-state index is 13.9. The number of benzene rings is 3. The van der Waals surface area contributed by atoms with Crippen molar-refractivity contribution in [1.29, 1.82) is 0 Å². The predicted molar refractivity (Wildman–Crippen MR) is 242 cm³/mol. The molecule has 9 rings (SSSR count). The van der Waals surface area contributed by atoms with Crippen LogP contribution in [0, 0.1) is 33.3 Å². The first-order valence-electron chi connectivity index (χ1n) is 21.6. The summed E-state index contributed by atoms with van der Waals surface area (Å²) in [7, 11) is -4.64. The van der Waals surface area contributed by atoms with E-state index in [1.165, 1.54) is 35.0 Å². The number of aromatic amines is 1. The molecule has 15 nitrogen and oxygen atoms in total. The second-order valence-corrected chi connectivity index (χ2v) is 20.4. The molecule has 1 saturated heterocycles. The number of anilines is 1. The number of H-pyrrole nitrogens is 1. The monoisotopic (exact) mass is 910 g/mol. The van der Waals surface area contributed by atoms with E-state index < -0.39 is 43.6 Å². The number of carbonyl (C=O) groups excluding carboxylic acids is 1. The summed E-state index contributed by atoms with van der Waals surface area (Å²) in [5, 5.41) is 34.1. The number of nitrogens with one attached hydrogen (secondary N) is 2. The molecule has 5 aromatic rings. The number of fused-ring (bicyclic) bond motifs is 3. The maximum Gasteiger partial charge on any atom is 0.312 e. The molecule has 3 aromatic carbocycles. The van der Waals surface area contributed by atoms with Crippen molar-refractivity contribution < 1.29 is 37.8 Å². The van der Waals surface area contributed by atoms with Crippen molar-refractivity contribution in [3.05, 3.63) is 117 Å². The van der Waals surface area contributed by atoms with Crippen molar-refractivity contribution in [3.63, 3.8) is 0 Å². The molecule has 3 fully saturated rings. The molecule has 0 spiro atoms. The number of nitro groups is 1. The SMILES string of the molecule is CC1(C)CCC(CN2CCN(c3ccc(C(=O)NS(=O)(=O)c4ccc(OCC5C[C@@H]6C[C@@H]5[C@@H](O)[C@H]6O)c([N+](=O)[O-])c4)c(Oc4cnc5[nH]ccc5c4)c3)CC2)=C(c2ccc(Cl)cc2)C1. The third kappa shape index (κ3) is 9.07. The summed E-state index contributed by atoms with van der Waals surface area (Å²) in [6, 6.07) is 19.9. The highest BCUT2D eigenvalue weighted by Crippen LogP contribution is 2.49. The fourth-order valence-corrected chi connectivity index (χ4v) is 11.1. The van der Waals surface area contributed by atoms with Crippen molar-refractivity contribution in [2.24, 2.45) is 23.2 Å². The largest absolute Gasteiger partial charge is 0.487 e. The molecule has 17 heteroatoms. The van der Waals surface area contributed by atoms with E-state index in [1.807, 2.05) is 18.2 Å². The zero-order chi connectivity index (χ0) is 44.9. The van der Waals surface area contributed by atoms with Crippen LogP contribution in [-0.2, 0) is 10.0 Å². The Balaban J connectivity index is 0.920. The third-order valence-electron chi connectivity index (χ3n) is 13.5. The molecule has 5 atom stereocenters. The number of halogens is 1. The number of piperazine rings is 1. The lowest BCUT2D eigenvalue weighted by atomic mass is 9.72. The Morgan fingerprint density at radius 3 is 2.52 bits per heavy atom. The average molecular weight is 911 g/mol. The summed E-state index contributed by atoms with van der Waals surface area (Å²) in [6.07, 6.45) is 6.00. The van der Waals surface area contributed by atoms with Crippen LogP contribution in [0.4, 0.5) is 11.4 Å². The van der Waals surface area contributed by atoms with Gasteiger partial charge in [0.05, 0.1) is 40.4 Å². The van der Waals surface area contributed by atoms with Gasteiger partial charge in [-0.05, 0) is 115 Å². The van der Waals surface area contributed by atoms with Crippen LogP contribution in [-0.4, -0.2) is 95.9 Å². The molecule has 1 unspecified atom stereocenters. The number of carbonyl (C=O) groups is 1. The van der Waals surface area contributed by atoms with Crippen molar-refractivity contribution in [3.8, 4) is 17.2 Å². The van der Waals surface area contributed by atoms with Gasteiger partial charge in [-0.15, -0.1) is 0 Å². The summed E-state index contributed by atoms with van der Waals surface area (Å²) in [4.78, 5) is 37.0. The fourth-order valence-electron chi connectivity index (χ4n) is 9.96. The van der Waals surface area contributed by atoms with Gasteiger partial charge in [0.1, 0.15) is 17.1 Å². The van der Waals surface area contributed by atoms with Gasteiger partial charge in [0.25, 0.3) is 15.9 Å². The van der Waals surface area contributed by atoms with Gasteiger partial charge in [-0.1, -0.05) is 43.2 Å². The van der Waals surface area contributed by atoms with E-state index in [-0.39, 0.29) is 46.8 Å². The molecule has 3 heterocycles. The molecule has 4 N–H and O–H groups in total. The van der Waals surface area contributed by atoms with Crippen LogP contribution in [0.5, 0.6) is 17.2 Å². The lowest BCUT2D eigenvalue weighted by Gasteiger charge is -2.39. The Morgan fingerprint density at radius 1 is 1.00 bits per heavy atom. The highest BCUT2D eigenvalue weighted by molar-refractivity contribution is 7.90. The van der Waals surface area contributed by atoms with Gasteiger partial charge in [-0.3, -0.25) is 19.8 Å². The standard InChI is InChI=1S/C47H51ClN6O9S/c1-47(2)13-11-30(39(24-47)28-3-5-33(48)6-4-28)26-52-15-17-53(18-16-52)34-7-9-37(42(22-34)63-35-20-29-12-14-49-45(29)50-25-35)46(57)51-64(60,61)36-8-10-41(40(23-36)54(58)59)62-27-32-19-31-21-38(32)44(56)43(31)55/h3-10,12,14,20,22-23,25,31-32,38,43-44,55-56H,11,13,15-19,21,24,26-27H2,1-2H3,(H,49,50)(H,51,57)/t31-,32?,38+,43+,44-/m1/s1. The van der Waals surface area contributed by atoms with E-state index in [0.29, 0.717) is 37.3 Å². The van der Waals surface area contributed by atoms with Crippen LogP contribution in [0.3, 0.4) is 0 Å². The first-order chi connectivity index (χ1) is 30.6. The molecular weight excluding hydrogens is 860 g/mol. The van der Waals surface area contributed by atoms with Crippen molar-refractivity contribution >= 4 is 55.5 Å². The number of hydrogen-bond donors (Lipinski definition) is 4. The summed E-state index contributed by atoms with van der Waals surface area (Å²) in [6.45, 7) is 8.59. The average Bonchev–Trinajstić information content (AvgIpc) is 3.99. The number of nitro benzene ring substituents is 1. The normalized spacial score (nSPS) is 23.4. The molecule has 4 aliphatic rings. The Labute approximate surface area is 376 Å². The summed E-state index contributed by atoms with van der Waals surface area (Å²) in [5.74, 6) is -1.09. The number of pyridine rings is 1. The van der Waals surface area contributed by atoms with Gasteiger partial charge in [0, 0.05) is 67.1 Å². The van der Waals surface area contributed by atoms with Crippen LogP contribution in [0.2, 0.25) is 5.02 Å².